The number of aromatic amines is 2. The smallest absolute Gasteiger partial charge is 0.227 e. The summed E-state index contributed by atoms with van der Waals surface area (Å²) in [6, 6.07) is 20.2. The highest BCUT2D eigenvalue weighted by molar-refractivity contribution is 6.00. The number of carbonyl (C=O) groups excluding carboxylic acids is 1. The van der Waals surface area contributed by atoms with Crippen LogP contribution in [0.2, 0.25) is 0 Å². The van der Waals surface area contributed by atoms with Gasteiger partial charge in [0.15, 0.2) is 0 Å². The van der Waals surface area contributed by atoms with Crippen molar-refractivity contribution in [3.63, 3.8) is 0 Å². The van der Waals surface area contributed by atoms with E-state index >= 15 is 0 Å². The van der Waals surface area contributed by atoms with Crippen molar-refractivity contribution in [1.29, 1.82) is 0 Å². The number of benzene rings is 2. The Morgan fingerprint density at radius 1 is 0.946 bits per heavy atom. The molecule has 0 atom stereocenters. The minimum atomic E-state index is -0.265. The Balaban J connectivity index is 1.29. The molecule has 6 aromatic rings. The maximum atomic E-state index is 14.6. The summed E-state index contributed by atoms with van der Waals surface area (Å²) in [7, 11) is 0. The molecule has 180 valence electrons. The highest BCUT2D eigenvalue weighted by Crippen LogP contribution is 2.35. The molecule has 0 radical (unpaired) electrons. The van der Waals surface area contributed by atoms with E-state index in [1.807, 2.05) is 48.5 Å². The van der Waals surface area contributed by atoms with Crippen molar-refractivity contribution in [2.75, 3.05) is 5.32 Å². The maximum absolute atomic E-state index is 14.6. The monoisotopic (exact) mass is 488 g/mol. The van der Waals surface area contributed by atoms with Crippen LogP contribution in [0.25, 0.3) is 55.7 Å². The molecule has 2 aromatic carbocycles. The zero-order chi connectivity index (χ0) is 24.9. The summed E-state index contributed by atoms with van der Waals surface area (Å²) in [4.78, 5) is 24.8. The molecule has 3 N–H and O–H groups in total. The quantitative estimate of drug-likeness (QED) is 0.264. The number of amides is 1. The van der Waals surface area contributed by atoms with E-state index in [2.05, 4.69) is 25.5 Å². The molecule has 1 aliphatic carbocycles. The standard InChI is InChI=1S/C29H21FN6O/c30-22-6-2-1-4-20(22)19-5-3-7-24-21(19)13-26(33-24)28-27-25(35-36-28)11-10-23(34-27)17-12-18(15-31-14-17)32-29(37)16-8-9-16/h1-7,10-16,33H,8-9H2,(H,32,37)(H,35,36). The molecule has 7 nitrogen and oxygen atoms in total. The first-order valence-electron chi connectivity index (χ1n) is 12.1. The fraction of sp³-hybridized carbons (Fsp3) is 0.103. The average molecular weight is 489 g/mol. The van der Waals surface area contributed by atoms with Gasteiger partial charge in [-0.15, -0.1) is 0 Å². The number of rotatable bonds is 5. The zero-order valence-electron chi connectivity index (χ0n) is 19.6. The SMILES string of the molecule is O=C(Nc1cncc(-c2ccc3[nH]nc(-c4cc5c(-c6ccccc6F)cccc5[nH]4)c3n2)c1)C1CC1. The first-order chi connectivity index (χ1) is 18.1. The van der Waals surface area contributed by atoms with Gasteiger partial charge in [-0.1, -0.05) is 30.3 Å². The van der Waals surface area contributed by atoms with Gasteiger partial charge in [0.2, 0.25) is 5.91 Å². The average Bonchev–Trinajstić information content (AvgIpc) is 3.55. The van der Waals surface area contributed by atoms with Gasteiger partial charge in [0.25, 0.3) is 0 Å². The van der Waals surface area contributed by atoms with Crippen LogP contribution in [0.3, 0.4) is 0 Å². The van der Waals surface area contributed by atoms with Crippen molar-refractivity contribution < 1.29 is 9.18 Å². The van der Waals surface area contributed by atoms with Crippen molar-refractivity contribution in [3.05, 3.63) is 84.9 Å². The van der Waals surface area contributed by atoms with Crippen LogP contribution >= 0.6 is 0 Å². The summed E-state index contributed by atoms with van der Waals surface area (Å²) >= 11 is 0. The topological polar surface area (TPSA) is 99.4 Å². The highest BCUT2D eigenvalue weighted by Gasteiger charge is 2.29. The lowest BCUT2D eigenvalue weighted by atomic mass is 10.0. The van der Waals surface area contributed by atoms with E-state index in [1.54, 1.807) is 24.5 Å². The molecule has 0 bridgehead atoms. The van der Waals surface area contributed by atoms with E-state index in [1.165, 1.54) is 6.07 Å². The second-order valence-electron chi connectivity index (χ2n) is 9.32. The van der Waals surface area contributed by atoms with Gasteiger partial charge in [0, 0.05) is 34.1 Å². The fourth-order valence-corrected chi connectivity index (χ4v) is 4.68. The number of fused-ring (bicyclic) bond motifs is 2. The first kappa shape index (κ1) is 21.4. The van der Waals surface area contributed by atoms with E-state index in [0.717, 1.165) is 46.1 Å². The molecule has 37 heavy (non-hydrogen) atoms. The Morgan fingerprint density at radius 3 is 2.68 bits per heavy atom. The second-order valence-corrected chi connectivity index (χ2v) is 9.32. The van der Waals surface area contributed by atoms with Crippen molar-refractivity contribution in [3.8, 4) is 33.8 Å². The third kappa shape index (κ3) is 3.83. The van der Waals surface area contributed by atoms with Crippen molar-refractivity contribution >= 4 is 33.5 Å². The summed E-state index contributed by atoms with van der Waals surface area (Å²) in [6.45, 7) is 0. The number of pyridine rings is 2. The number of hydrogen-bond donors (Lipinski definition) is 3. The van der Waals surface area contributed by atoms with E-state index < -0.39 is 0 Å². The number of halogens is 1. The summed E-state index contributed by atoms with van der Waals surface area (Å²) in [5.74, 6) is -0.117. The fourth-order valence-electron chi connectivity index (χ4n) is 4.68. The number of aromatic nitrogens is 5. The molecule has 1 aliphatic rings. The number of nitrogens with one attached hydrogen (secondary N) is 3. The van der Waals surface area contributed by atoms with Crippen molar-refractivity contribution in [2.24, 2.45) is 5.92 Å². The van der Waals surface area contributed by atoms with Gasteiger partial charge < -0.3 is 10.3 Å². The molecule has 0 unspecified atom stereocenters. The Hall–Kier alpha value is -4.85. The Kier molecular flexibility index (Phi) is 4.85. The molecular formula is C29H21FN6O. The minimum absolute atomic E-state index is 0.0352. The van der Waals surface area contributed by atoms with Gasteiger partial charge in [0.05, 0.1) is 28.8 Å². The highest BCUT2D eigenvalue weighted by atomic mass is 19.1. The molecule has 1 saturated carbocycles. The third-order valence-corrected chi connectivity index (χ3v) is 6.74. The molecular weight excluding hydrogens is 467 g/mol. The van der Waals surface area contributed by atoms with Crippen LogP contribution in [0.4, 0.5) is 10.1 Å². The Bertz CT molecular complexity index is 1820. The number of carbonyl (C=O) groups is 1. The number of nitrogens with zero attached hydrogens (tertiary/aromatic N) is 3. The molecule has 0 saturated heterocycles. The van der Waals surface area contributed by atoms with Crippen molar-refractivity contribution in [1.82, 2.24) is 25.1 Å². The van der Waals surface area contributed by atoms with E-state index in [9.17, 15) is 9.18 Å². The molecule has 8 heteroatoms. The molecule has 0 spiro atoms. The predicted octanol–water partition coefficient (Wildman–Crippen LogP) is 6.32. The number of anilines is 1. The van der Waals surface area contributed by atoms with Gasteiger partial charge in [-0.25, -0.2) is 9.37 Å². The van der Waals surface area contributed by atoms with E-state index in [4.69, 9.17) is 4.98 Å². The normalized spacial score (nSPS) is 13.3. The van der Waals surface area contributed by atoms with Crippen LogP contribution < -0.4 is 5.32 Å². The van der Waals surface area contributed by atoms with Gasteiger partial charge in [-0.2, -0.15) is 5.10 Å². The summed E-state index contributed by atoms with van der Waals surface area (Å²) in [6.07, 6.45) is 5.25. The lowest BCUT2D eigenvalue weighted by Crippen LogP contribution is -2.13. The molecule has 1 fully saturated rings. The third-order valence-electron chi connectivity index (χ3n) is 6.74. The lowest BCUT2D eigenvalue weighted by Gasteiger charge is -2.06. The van der Waals surface area contributed by atoms with Gasteiger partial charge in [0.1, 0.15) is 17.0 Å². The van der Waals surface area contributed by atoms with Gasteiger partial charge in [-0.05, 0) is 54.8 Å². The van der Waals surface area contributed by atoms with Crippen LogP contribution in [0.15, 0.2) is 79.1 Å². The van der Waals surface area contributed by atoms with E-state index in [0.29, 0.717) is 28.2 Å². The van der Waals surface area contributed by atoms with Crippen LogP contribution in [-0.2, 0) is 4.79 Å². The van der Waals surface area contributed by atoms with Crippen LogP contribution in [-0.4, -0.2) is 31.1 Å². The summed E-state index contributed by atoms with van der Waals surface area (Å²) < 4.78 is 14.6. The Labute approximate surface area is 210 Å². The maximum Gasteiger partial charge on any atom is 0.227 e. The number of hydrogen-bond acceptors (Lipinski definition) is 4. The largest absolute Gasteiger partial charge is 0.353 e. The molecule has 1 amide bonds. The second kappa shape index (κ2) is 8.37. The first-order valence-corrected chi connectivity index (χ1v) is 12.1. The van der Waals surface area contributed by atoms with Crippen LogP contribution in [0, 0.1) is 11.7 Å². The molecule has 0 aliphatic heterocycles. The number of H-pyrrole nitrogens is 2. The lowest BCUT2D eigenvalue weighted by molar-refractivity contribution is -0.117. The summed E-state index contributed by atoms with van der Waals surface area (Å²) in [5, 5.41) is 11.4. The minimum Gasteiger partial charge on any atom is -0.353 e. The van der Waals surface area contributed by atoms with Crippen LogP contribution in [0.1, 0.15) is 12.8 Å². The van der Waals surface area contributed by atoms with Gasteiger partial charge in [-0.3, -0.25) is 14.9 Å². The zero-order valence-corrected chi connectivity index (χ0v) is 19.6. The Morgan fingerprint density at radius 2 is 1.81 bits per heavy atom. The van der Waals surface area contributed by atoms with Crippen molar-refractivity contribution in [2.45, 2.75) is 12.8 Å². The predicted molar refractivity (Wildman–Crippen MR) is 141 cm³/mol. The molecule has 7 rings (SSSR count). The molecule has 4 aromatic heterocycles. The van der Waals surface area contributed by atoms with Gasteiger partial charge >= 0.3 is 0 Å². The summed E-state index contributed by atoms with van der Waals surface area (Å²) in [5.41, 5.74) is 7.33. The van der Waals surface area contributed by atoms with Crippen LogP contribution in [0.5, 0.6) is 0 Å². The van der Waals surface area contributed by atoms with E-state index in [-0.39, 0.29) is 17.6 Å². The molecule has 4 heterocycles.